The van der Waals surface area contributed by atoms with Crippen molar-refractivity contribution in [2.45, 2.75) is 26.0 Å². The van der Waals surface area contributed by atoms with Gasteiger partial charge in [-0.05, 0) is 57.2 Å². The normalized spacial score (nSPS) is 11.5. The van der Waals surface area contributed by atoms with E-state index in [-0.39, 0.29) is 28.6 Å². The van der Waals surface area contributed by atoms with Crippen LogP contribution in [0.1, 0.15) is 29.8 Å². The van der Waals surface area contributed by atoms with Crippen LogP contribution in [0.15, 0.2) is 48.5 Å². The summed E-state index contributed by atoms with van der Waals surface area (Å²) in [6.45, 7) is 5.23. The van der Waals surface area contributed by atoms with Crippen molar-refractivity contribution in [1.82, 2.24) is 0 Å². The standard InChI is InChI=1S/C20H22N2O3S/c1-13-4-8-17(9-5-13)21-19(24)12-26-15(3)20(25)22-18-10-6-16(7-11-18)14(2)23/h4-11,15H,12H2,1-3H3,(H,21,24)(H,22,25). The van der Waals surface area contributed by atoms with E-state index in [1.165, 1.54) is 18.7 Å². The molecule has 2 rings (SSSR count). The number of thioether (sulfide) groups is 1. The van der Waals surface area contributed by atoms with Crippen molar-refractivity contribution in [2.75, 3.05) is 16.4 Å². The fourth-order valence-electron chi connectivity index (χ4n) is 2.14. The van der Waals surface area contributed by atoms with Crippen LogP contribution in [0, 0.1) is 6.92 Å². The van der Waals surface area contributed by atoms with Gasteiger partial charge in [-0.25, -0.2) is 0 Å². The minimum absolute atomic E-state index is 0.0219. The average molecular weight is 370 g/mol. The van der Waals surface area contributed by atoms with Gasteiger partial charge >= 0.3 is 0 Å². The van der Waals surface area contributed by atoms with Gasteiger partial charge < -0.3 is 10.6 Å². The van der Waals surface area contributed by atoms with Crippen molar-refractivity contribution in [3.05, 3.63) is 59.7 Å². The summed E-state index contributed by atoms with van der Waals surface area (Å²) in [4.78, 5) is 35.5. The van der Waals surface area contributed by atoms with Gasteiger partial charge in [0.05, 0.1) is 11.0 Å². The second kappa shape index (κ2) is 9.20. The van der Waals surface area contributed by atoms with Crippen molar-refractivity contribution in [3.63, 3.8) is 0 Å². The molecule has 0 aliphatic rings. The quantitative estimate of drug-likeness (QED) is 0.725. The number of Topliss-reactive ketones (excluding diaryl/α,β-unsaturated/α-hetero) is 1. The molecule has 1 unspecified atom stereocenters. The number of benzene rings is 2. The first-order chi connectivity index (χ1) is 12.3. The first-order valence-electron chi connectivity index (χ1n) is 8.25. The first-order valence-corrected chi connectivity index (χ1v) is 9.30. The summed E-state index contributed by atoms with van der Waals surface area (Å²) in [5.74, 6) is -0.171. The van der Waals surface area contributed by atoms with Crippen LogP contribution in [0.25, 0.3) is 0 Å². The fraction of sp³-hybridized carbons (Fsp3) is 0.250. The van der Waals surface area contributed by atoms with E-state index in [0.29, 0.717) is 11.3 Å². The number of carbonyl (C=O) groups excluding carboxylic acids is 3. The molecule has 2 N–H and O–H groups in total. The molecule has 0 spiro atoms. The number of hydrogen-bond donors (Lipinski definition) is 2. The largest absolute Gasteiger partial charge is 0.325 e. The minimum Gasteiger partial charge on any atom is -0.325 e. The van der Waals surface area contributed by atoms with Crippen molar-refractivity contribution in [3.8, 4) is 0 Å². The molecule has 0 saturated heterocycles. The summed E-state index contributed by atoms with van der Waals surface area (Å²) in [5.41, 5.74) is 3.08. The van der Waals surface area contributed by atoms with E-state index < -0.39 is 0 Å². The predicted molar refractivity (Wildman–Crippen MR) is 107 cm³/mol. The molecule has 0 heterocycles. The number of amides is 2. The van der Waals surface area contributed by atoms with Gasteiger partial charge in [0.1, 0.15) is 0 Å². The Balaban J connectivity index is 1.79. The smallest absolute Gasteiger partial charge is 0.237 e. The van der Waals surface area contributed by atoms with E-state index in [1.807, 2.05) is 31.2 Å². The topological polar surface area (TPSA) is 75.3 Å². The zero-order valence-corrected chi connectivity index (χ0v) is 15.9. The third-order valence-electron chi connectivity index (χ3n) is 3.73. The molecule has 2 aromatic carbocycles. The van der Waals surface area contributed by atoms with Gasteiger partial charge in [0.2, 0.25) is 11.8 Å². The molecule has 0 fully saturated rings. The maximum Gasteiger partial charge on any atom is 0.237 e. The lowest BCUT2D eigenvalue weighted by Crippen LogP contribution is -2.25. The minimum atomic E-state index is -0.383. The highest BCUT2D eigenvalue weighted by Gasteiger charge is 2.15. The molecular formula is C20H22N2O3S. The van der Waals surface area contributed by atoms with Gasteiger partial charge in [0.15, 0.2) is 5.78 Å². The first kappa shape index (κ1) is 19.7. The van der Waals surface area contributed by atoms with Gasteiger partial charge in [-0.3, -0.25) is 14.4 Å². The number of nitrogens with one attached hydrogen (secondary N) is 2. The number of ketones is 1. The van der Waals surface area contributed by atoms with Crippen molar-refractivity contribution in [2.24, 2.45) is 0 Å². The Morgan fingerprint density at radius 3 is 2.04 bits per heavy atom. The number of hydrogen-bond acceptors (Lipinski definition) is 4. The Kier molecular flexibility index (Phi) is 6.97. The lowest BCUT2D eigenvalue weighted by atomic mass is 10.1. The van der Waals surface area contributed by atoms with E-state index in [2.05, 4.69) is 10.6 Å². The average Bonchev–Trinajstić information content (AvgIpc) is 2.62. The maximum atomic E-state index is 12.2. The third-order valence-corrected chi connectivity index (χ3v) is 4.87. The van der Waals surface area contributed by atoms with Gasteiger partial charge in [-0.15, -0.1) is 11.8 Å². The summed E-state index contributed by atoms with van der Waals surface area (Å²) < 4.78 is 0. The van der Waals surface area contributed by atoms with E-state index >= 15 is 0 Å². The Morgan fingerprint density at radius 1 is 0.923 bits per heavy atom. The molecule has 0 saturated carbocycles. The van der Waals surface area contributed by atoms with Gasteiger partial charge in [0.25, 0.3) is 0 Å². The number of carbonyl (C=O) groups is 3. The molecule has 136 valence electrons. The summed E-state index contributed by atoms with van der Waals surface area (Å²) >= 11 is 1.26. The lowest BCUT2D eigenvalue weighted by Gasteiger charge is -2.12. The fourth-order valence-corrected chi connectivity index (χ4v) is 2.83. The van der Waals surface area contributed by atoms with Crippen LogP contribution in [0.3, 0.4) is 0 Å². The molecule has 2 aromatic rings. The summed E-state index contributed by atoms with van der Waals surface area (Å²) in [5, 5.41) is 5.21. The molecule has 6 heteroatoms. The Bertz CT molecular complexity index is 786. The SMILES string of the molecule is CC(=O)c1ccc(NC(=O)C(C)SCC(=O)Nc2ccc(C)cc2)cc1. The third kappa shape index (κ3) is 6.04. The molecular weight excluding hydrogens is 348 g/mol. The molecule has 26 heavy (non-hydrogen) atoms. The van der Waals surface area contributed by atoms with Crippen LogP contribution in [0.2, 0.25) is 0 Å². The van der Waals surface area contributed by atoms with Crippen LogP contribution >= 0.6 is 11.8 Å². The molecule has 5 nitrogen and oxygen atoms in total. The molecule has 0 aliphatic heterocycles. The van der Waals surface area contributed by atoms with Gasteiger partial charge in [0, 0.05) is 16.9 Å². The second-order valence-corrected chi connectivity index (χ2v) is 7.32. The summed E-state index contributed by atoms with van der Waals surface area (Å²) in [6.07, 6.45) is 0. The van der Waals surface area contributed by atoms with Gasteiger partial charge in [-0.2, -0.15) is 0 Å². The Hall–Kier alpha value is -2.60. The maximum absolute atomic E-state index is 12.2. The number of rotatable bonds is 7. The molecule has 0 aromatic heterocycles. The Morgan fingerprint density at radius 2 is 1.46 bits per heavy atom. The van der Waals surface area contributed by atoms with Crippen LogP contribution in [0.5, 0.6) is 0 Å². The molecule has 0 bridgehead atoms. The van der Waals surface area contributed by atoms with Crippen LogP contribution in [-0.4, -0.2) is 28.6 Å². The van der Waals surface area contributed by atoms with Crippen molar-refractivity contribution in [1.29, 1.82) is 0 Å². The van der Waals surface area contributed by atoms with Crippen LogP contribution < -0.4 is 10.6 Å². The highest BCUT2D eigenvalue weighted by Crippen LogP contribution is 2.16. The molecule has 0 radical (unpaired) electrons. The zero-order chi connectivity index (χ0) is 19.1. The lowest BCUT2D eigenvalue weighted by molar-refractivity contribution is -0.115. The zero-order valence-electron chi connectivity index (χ0n) is 15.0. The molecule has 1 atom stereocenters. The van der Waals surface area contributed by atoms with E-state index in [4.69, 9.17) is 0 Å². The number of anilines is 2. The second-order valence-electron chi connectivity index (χ2n) is 5.99. The monoisotopic (exact) mass is 370 g/mol. The summed E-state index contributed by atoms with van der Waals surface area (Å²) in [6, 6.07) is 14.3. The number of aryl methyl sites for hydroxylation is 1. The van der Waals surface area contributed by atoms with Crippen LogP contribution in [-0.2, 0) is 9.59 Å². The highest BCUT2D eigenvalue weighted by molar-refractivity contribution is 8.01. The van der Waals surface area contributed by atoms with Crippen LogP contribution in [0.4, 0.5) is 11.4 Å². The summed E-state index contributed by atoms with van der Waals surface area (Å²) in [7, 11) is 0. The van der Waals surface area contributed by atoms with E-state index in [1.54, 1.807) is 31.2 Å². The molecule has 2 amide bonds. The molecule has 0 aliphatic carbocycles. The van der Waals surface area contributed by atoms with Crippen molar-refractivity contribution >= 4 is 40.7 Å². The van der Waals surface area contributed by atoms with E-state index in [0.717, 1.165) is 11.3 Å². The van der Waals surface area contributed by atoms with Gasteiger partial charge in [-0.1, -0.05) is 17.7 Å². The highest BCUT2D eigenvalue weighted by atomic mass is 32.2. The van der Waals surface area contributed by atoms with E-state index in [9.17, 15) is 14.4 Å². The predicted octanol–water partition coefficient (Wildman–Crippen LogP) is 3.90. The Labute approximate surface area is 157 Å². The van der Waals surface area contributed by atoms with Crippen molar-refractivity contribution < 1.29 is 14.4 Å².